The van der Waals surface area contributed by atoms with Crippen LogP contribution in [0, 0.1) is 0 Å². The molecule has 1 aromatic rings. The van der Waals surface area contributed by atoms with Crippen LogP contribution in [0.15, 0.2) is 22.7 Å². The number of likely N-dealkylation sites (N-methyl/N-ethyl adjacent to an activating group) is 1. The van der Waals surface area contributed by atoms with Gasteiger partial charge in [-0.2, -0.15) is 0 Å². The molecule has 2 N–H and O–H groups in total. The van der Waals surface area contributed by atoms with E-state index < -0.39 is 0 Å². The van der Waals surface area contributed by atoms with Crippen molar-refractivity contribution in [1.29, 1.82) is 0 Å². The van der Waals surface area contributed by atoms with E-state index in [1.165, 1.54) is 28.6 Å². The van der Waals surface area contributed by atoms with Crippen molar-refractivity contribution in [3.8, 4) is 0 Å². The molecule has 0 aromatic heterocycles. The maximum absolute atomic E-state index is 6.12. The van der Waals surface area contributed by atoms with E-state index in [1.54, 1.807) is 0 Å². The second kappa shape index (κ2) is 4.71. The summed E-state index contributed by atoms with van der Waals surface area (Å²) in [6.07, 6.45) is 1.25. The smallest absolute Gasteiger partial charge is 0.0352 e. The van der Waals surface area contributed by atoms with Crippen LogP contribution in [0.5, 0.6) is 0 Å². The minimum atomic E-state index is -0.270. The zero-order valence-electron chi connectivity index (χ0n) is 10.8. The molecule has 1 heterocycles. The second-order valence-electron chi connectivity index (χ2n) is 5.71. The Morgan fingerprint density at radius 1 is 1.41 bits per heavy atom. The van der Waals surface area contributed by atoms with Crippen LogP contribution in [0.3, 0.4) is 0 Å². The van der Waals surface area contributed by atoms with Gasteiger partial charge in [-0.05, 0) is 57.0 Å². The van der Waals surface area contributed by atoms with Gasteiger partial charge in [-0.15, -0.1) is 0 Å². The van der Waals surface area contributed by atoms with E-state index >= 15 is 0 Å². The minimum absolute atomic E-state index is 0.270. The molecule has 3 heteroatoms. The quantitative estimate of drug-likeness (QED) is 0.909. The molecule has 0 saturated carbocycles. The van der Waals surface area contributed by atoms with Gasteiger partial charge in [-0.25, -0.2) is 0 Å². The van der Waals surface area contributed by atoms with Crippen LogP contribution in [0.25, 0.3) is 0 Å². The normalized spacial score (nSPS) is 22.1. The van der Waals surface area contributed by atoms with Gasteiger partial charge in [0.2, 0.25) is 0 Å². The molecule has 0 aliphatic carbocycles. The third-order valence-corrected chi connectivity index (χ3v) is 4.26. The molecule has 2 rings (SSSR count). The zero-order chi connectivity index (χ0) is 12.6. The molecule has 1 atom stereocenters. The molecular formula is C14H21BrN2. The SMILES string of the molecule is CN1CCC(c2ccc(C(C)(C)N)cc2Br)C1. The standard InChI is InChI=1S/C14H21BrN2/c1-14(2,16)11-4-5-12(13(15)8-11)10-6-7-17(3)9-10/h4-5,8,10H,6-7,9,16H2,1-3H3. The summed E-state index contributed by atoms with van der Waals surface area (Å²) in [5, 5.41) is 0. The number of rotatable bonds is 2. The molecule has 0 bridgehead atoms. The lowest BCUT2D eigenvalue weighted by Crippen LogP contribution is -2.28. The molecule has 2 nitrogen and oxygen atoms in total. The number of nitrogens with two attached hydrogens (primary N) is 1. The van der Waals surface area contributed by atoms with Crippen molar-refractivity contribution in [1.82, 2.24) is 4.90 Å². The zero-order valence-corrected chi connectivity index (χ0v) is 12.4. The topological polar surface area (TPSA) is 29.3 Å². The van der Waals surface area contributed by atoms with E-state index in [1.807, 2.05) is 13.8 Å². The summed E-state index contributed by atoms with van der Waals surface area (Å²) in [7, 11) is 2.19. The molecule has 0 radical (unpaired) electrons. The van der Waals surface area contributed by atoms with Crippen molar-refractivity contribution in [3.63, 3.8) is 0 Å². The number of nitrogens with zero attached hydrogens (tertiary/aromatic N) is 1. The summed E-state index contributed by atoms with van der Waals surface area (Å²) < 4.78 is 1.20. The lowest BCUT2D eigenvalue weighted by Gasteiger charge is -2.21. The van der Waals surface area contributed by atoms with Gasteiger partial charge in [-0.3, -0.25) is 0 Å². The van der Waals surface area contributed by atoms with Gasteiger partial charge in [0.05, 0.1) is 0 Å². The van der Waals surface area contributed by atoms with Gasteiger partial charge in [0.15, 0.2) is 0 Å². The number of likely N-dealkylation sites (tertiary alicyclic amines) is 1. The number of hydrogen-bond acceptors (Lipinski definition) is 2. The van der Waals surface area contributed by atoms with E-state index in [-0.39, 0.29) is 5.54 Å². The van der Waals surface area contributed by atoms with Crippen molar-refractivity contribution in [2.75, 3.05) is 20.1 Å². The molecule has 0 spiro atoms. The van der Waals surface area contributed by atoms with Crippen LogP contribution in [-0.4, -0.2) is 25.0 Å². The Morgan fingerprint density at radius 3 is 2.59 bits per heavy atom. The molecule has 1 saturated heterocycles. The van der Waals surface area contributed by atoms with Crippen LogP contribution in [0.2, 0.25) is 0 Å². The Hall–Kier alpha value is -0.380. The Bertz CT molecular complexity index is 409. The van der Waals surface area contributed by atoms with Gasteiger partial charge < -0.3 is 10.6 Å². The van der Waals surface area contributed by atoms with Gasteiger partial charge in [0.25, 0.3) is 0 Å². The summed E-state index contributed by atoms with van der Waals surface area (Å²) in [4.78, 5) is 2.39. The minimum Gasteiger partial charge on any atom is -0.322 e. The van der Waals surface area contributed by atoms with E-state index in [4.69, 9.17) is 5.73 Å². The predicted molar refractivity (Wildman–Crippen MR) is 76.2 cm³/mol. The van der Waals surface area contributed by atoms with Gasteiger partial charge in [0.1, 0.15) is 0 Å². The van der Waals surface area contributed by atoms with Gasteiger partial charge >= 0.3 is 0 Å². The predicted octanol–water partition coefficient (Wildman–Crippen LogP) is 3.06. The molecule has 17 heavy (non-hydrogen) atoms. The summed E-state index contributed by atoms with van der Waals surface area (Å²) in [6, 6.07) is 6.57. The van der Waals surface area contributed by atoms with Crippen LogP contribution in [0.1, 0.15) is 37.3 Å². The van der Waals surface area contributed by atoms with E-state index in [2.05, 4.69) is 46.1 Å². The summed E-state index contributed by atoms with van der Waals surface area (Å²) >= 11 is 3.70. The fourth-order valence-corrected chi connectivity index (χ4v) is 3.15. The highest BCUT2D eigenvalue weighted by Gasteiger charge is 2.24. The molecule has 1 unspecified atom stereocenters. The van der Waals surface area contributed by atoms with Crippen molar-refractivity contribution >= 4 is 15.9 Å². The molecule has 0 amide bonds. The van der Waals surface area contributed by atoms with Crippen LogP contribution >= 0.6 is 15.9 Å². The lowest BCUT2D eigenvalue weighted by molar-refractivity contribution is 0.411. The first kappa shape index (κ1) is 13.1. The number of benzene rings is 1. The maximum atomic E-state index is 6.12. The van der Waals surface area contributed by atoms with E-state index in [9.17, 15) is 0 Å². The third kappa shape index (κ3) is 2.90. The highest BCUT2D eigenvalue weighted by molar-refractivity contribution is 9.10. The third-order valence-electron chi connectivity index (χ3n) is 3.58. The van der Waals surface area contributed by atoms with Crippen molar-refractivity contribution in [2.24, 2.45) is 5.73 Å². The fourth-order valence-electron chi connectivity index (χ4n) is 2.45. The number of halogens is 1. The Morgan fingerprint density at radius 2 is 2.12 bits per heavy atom. The molecule has 1 aliphatic heterocycles. The first-order chi connectivity index (χ1) is 7.88. The van der Waals surface area contributed by atoms with Crippen LogP contribution in [-0.2, 0) is 5.54 Å². The largest absolute Gasteiger partial charge is 0.322 e. The van der Waals surface area contributed by atoms with Crippen molar-refractivity contribution < 1.29 is 0 Å². The van der Waals surface area contributed by atoms with E-state index in [0.717, 1.165) is 6.54 Å². The first-order valence-electron chi connectivity index (χ1n) is 6.15. The van der Waals surface area contributed by atoms with Gasteiger partial charge in [-0.1, -0.05) is 28.1 Å². The Kier molecular flexibility index (Phi) is 3.62. The lowest BCUT2D eigenvalue weighted by atomic mass is 9.91. The Labute approximate surface area is 112 Å². The molecule has 1 fully saturated rings. The highest BCUT2D eigenvalue weighted by Crippen LogP contribution is 2.33. The number of hydrogen-bond donors (Lipinski definition) is 1. The molecular weight excluding hydrogens is 276 g/mol. The van der Waals surface area contributed by atoms with Crippen molar-refractivity contribution in [2.45, 2.75) is 31.7 Å². The van der Waals surface area contributed by atoms with E-state index in [0.29, 0.717) is 5.92 Å². The maximum Gasteiger partial charge on any atom is 0.0352 e. The fraction of sp³-hybridized carbons (Fsp3) is 0.571. The Balaban J connectivity index is 2.26. The first-order valence-corrected chi connectivity index (χ1v) is 6.94. The summed E-state index contributed by atoms with van der Waals surface area (Å²) in [5.74, 6) is 0.657. The molecule has 1 aliphatic rings. The summed E-state index contributed by atoms with van der Waals surface area (Å²) in [5.41, 5.74) is 8.45. The summed E-state index contributed by atoms with van der Waals surface area (Å²) in [6.45, 7) is 6.43. The van der Waals surface area contributed by atoms with Crippen LogP contribution in [0.4, 0.5) is 0 Å². The molecule has 94 valence electrons. The molecule has 1 aromatic carbocycles. The second-order valence-corrected chi connectivity index (χ2v) is 6.56. The van der Waals surface area contributed by atoms with Crippen molar-refractivity contribution in [3.05, 3.63) is 33.8 Å². The highest BCUT2D eigenvalue weighted by atomic mass is 79.9. The van der Waals surface area contributed by atoms with Gasteiger partial charge in [0, 0.05) is 16.6 Å². The monoisotopic (exact) mass is 296 g/mol. The average molecular weight is 297 g/mol. The average Bonchev–Trinajstić information content (AvgIpc) is 2.63. The van der Waals surface area contributed by atoms with Crippen LogP contribution < -0.4 is 5.73 Å².